The second-order valence-corrected chi connectivity index (χ2v) is 4.56. The number of fused-ring (bicyclic) bond motifs is 1. The number of nitrogens with zero attached hydrogens (tertiary/aromatic N) is 3. The van der Waals surface area contributed by atoms with E-state index in [1.165, 1.54) is 17.9 Å². The van der Waals surface area contributed by atoms with Crippen LogP contribution in [-0.2, 0) is 9.59 Å². The van der Waals surface area contributed by atoms with E-state index in [2.05, 4.69) is 19.7 Å². The summed E-state index contributed by atoms with van der Waals surface area (Å²) in [5.41, 5.74) is 0.669. The zero-order chi connectivity index (χ0) is 14.0. The van der Waals surface area contributed by atoms with E-state index in [-0.39, 0.29) is 5.82 Å². The standard InChI is InChI=1S/C10H10N4O4S/c1-4-7-8(11-3-12-9(7)19-14-4)13-5(10(17)18)2-6(15)16/h3,5H,2H2,1H3,(H,15,16)(H,17,18)(H,11,12,13). The van der Waals surface area contributed by atoms with Crippen molar-refractivity contribution in [3.05, 3.63) is 12.0 Å². The maximum Gasteiger partial charge on any atom is 0.326 e. The van der Waals surface area contributed by atoms with E-state index in [9.17, 15) is 9.59 Å². The first-order valence-corrected chi connectivity index (χ1v) is 6.04. The Labute approximate surface area is 111 Å². The molecule has 3 N–H and O–H groups in total. The summed E-state index contributed by atoms with van der Waals surface area (Å²) in [6.07, 6.45) is 0.736. The van der Waals surface area contributed by atoms with Crippen LogP contribution in [0.4, 0.5) is 5.82 Å². The van der Waals surface area contributed by atoms with Crippen molar-refractivity contribution in [2.24, 2.45) is 0 Å². The molecule has 2 heterocycles. The van der Waals surface area contributed by atoms with Gasteiger partial charge in [-0.1, -0.05) is 0 Å². The van der Waals surface area contributed by atoms with Gasteiger partial charge in [-0.3, -0.25) is 4.79 Å². The van der Waals surface area contributed by atoms with Gasteiger partial charge in [-0.25, -0.2) is 14.8 Å². The summed E-state index contributed by atoms with van der Waals surface area (Å²) >= 11 is 1.17. The van der Waals surface area contributed by atoms with E-state index in [1.807, 2.05) is 0 Å². The number of aliphatic carboxylic acids is 2. The highest BCUT2D eigenvalue weighted by molar-refractivity contribution is 7.13. The Balaban J connectivity index is 2.36. The normalized spacial score (nSPS) is 12.3. The molecule has 0 aliphatic heterocycles. The Morgan fingerprint density at radius 1 is 1.42 bits per heavy atom. The summed E-state index contributed by atoms with van der Waals surface area (Å²) in [4.78, 5) is 30.2. The molecule has 0 radical (unpaired) electrons. The molecule has 0 bridgehead atoms. The summed E-state index contributed by atoms with van der Waals surface area (Å²) in [5.74, 6) is -2.18. The van der Waals surface area contributed by atoms with E-state index in [0.29, 0.717) is 15.9 Å². The van der Waals surface area contributed by atoms with Crippen molar-refractivity contribution in [1.82, 2.24) is 14.3 Å². The Hall–Kier alpha value is -2.29. The van der Waals surface area contributed by atoms with Crippen LogP contribution in [0.5, 0.6) is 0 Å². The van der Waals surface area contributed by atoms with Gasteiger partial charge in [-0.2, -0.15) is 4.37 Å². The van der Waals surface area contributed by atoms with Crippen LogP contribution in [0.15, 0.2) is 6.33 Å². The highest BCUT2D eigenvalue weighted by Crippen LogP contribution is 2.26. The van der Waals surface area contributed by atoms with E-state index < -0.39 is 24.4 Å². The lowest BCUT2D eigenvalue weighted by atomic mass is 10.2. The van der Waals surface area contributed by atoms with Gasteiger partial charge < -0.3 is 15.5 Å². The first-order chi connectivity index (χ1) is 8.99. The number of aryl methyl sites for hydroxylation is 1. The molecule has 2 rings (SSSR count). The molecule has 2 aromatic heterocycles. The Bertz CT molecular complexity index is 641. The van der Waals surface area contributed by atoms with Gasteiger partial charge in [0.25, 0.3) is 0 Å². The Kier molecular flexibility index (Phi) is 3.56. The van der Waals surface area contributed by atoms with Crippen LogP contribution in [0.2, 0.25) is 0 Å². The smallest absolute Gasteiger partial charge is 0.326 e. The molecule has 0 spiro atoms. The minimum atomic E-state index is -1.25. The van der Waals surface area contributed by atoms with Crippen LogP contribution >= 0.6 is 11.5 Å². The monoisotopic (exact) mass is 282 g/mol. The second kappa shape index (κ2) is 5.14. The van der Waals surface area contributed by atoms with E-state index in [1.54, 1.807) is 6.92 Å². The van der Waals surface area contributed by atoms with Crippen LogP contribution in [0.1, 0.15) is 12.1 Å². The predicted molar refractivity (Wildman–Crippen MR) is 67.2 cm³/mol. The van der Waals surface area contributed by atoms with Gasteiger partial charge in [0.1, 0.15) is 23.0 Å². The highest BCUT2D eigenvalue weighted by Gasteiger charge is 2.23. The molecule has 0 aromatic carbocycles. The third kappa shape index (κ3) is 2.76. The van der Waals surface area contributed by atoms with E-state index in [0.717, 1.165) is 0 Å². The summed E-state index contributed by atoms with van der Waals surface area (Å²) in [6.45, 7) is 1.75. The molecule has 0 fully saturated rings. The van der Waals surface area contributed by atoms with Gasteiger partial charge in [-0.15, -0.1) is 0 Å². The van der Waals surface area contributed by atoms with Gasteiger partial charge in [0.15, 0.2) is 0 Å². The molecular formula is C10H10N4O4S. The third-order valence-corrected chi connectivity index (χ3v) is 3.28. The average molecular weight is 282 g/mol. The fourth-order valence-corrected chi connectivity index (χ4v) is 2.32. The van der Waals surface area contributed by atoms with Crippen LogP contribution in [-0.4, -0.2) is 42.5 Å². The van der Waals surface area contributed by atoms with Crippen LogP contribution in [0.3, 0.4) is 0 Å². The maximum absolute atomic E-state index is 11.0. The van der Waals surface area contributed by atoms with Crippen molar-refractivity contribution in [2.75, 3.05) is 5.32 Å². The first-order valence-electron chi connectivity index (χ1n) is 5.27. The quantitative estimate of drug-likeness (QED) is 0.733. The first kappa shape index (κ1) is 13.1. The van der Waals surface area contributed by atoms with Gasteiger partial charge in [0.2, 0.25) is 0 Å². The zero-order valence-corrected chi connectivity index (χ0v) is 10.6. The lowest BCUT2D eigenvalue weighted by molar-refractivity contribution is -0.144. The molecular weight excluding hydrogens is 272 g/mol. The number of carboxylic acids is 2. The third-order valence-electron chi connectivity index (χ3n) is 2.43. The lowest BCUT2D eigenvalue weighted by Gasteiger charge is -2.13. The fraction of sp³-hybridized carbons (Fsp3) is 0.300. The summed E-state index contributed by atoms with van der Waals surface area (Å²) in [6, 6.07) is -1.25. The number of hydrogen-bond donors (Lipinski definition) is 3. The van der Waals surface area contributed by atoms with E-state index >= 15 is 0 Å². The van der Waals surface area contributed by atoms with Gasteiger partial charge in [-0.05, 0) is 18.5 Å². The van der Waals surface area contributed by atoms with Gasteiger partial charge in [0.05, 0.1) is 17.5 Å². The molecule has 100 valence electrons. The molecule has 19 heavy (non-hydrogen) atoms. The Morgan fingerprint density at radius 3 is 2.79 bits per heavy atom. The van der Waals surface area contributed by atoms with Crippen molar-refractivity contribution >= 4 is 39.5 Å². The largest absolute Gasteiger partial charge is 0.481 e. The fourth-order valence-electron chi connectivity index (χ4n) is 1.57. The number of carboxylic acid groups (broad SMARTS) is 2. The molecule has 8 nitrogen and oxygen atoms in total. The minimum Gasteiger partial charge on any atom is -0.481 e. The topological polar surface area (TPSA) is 125 Å². The number of hydrogen-bond acceptors (Lipinski definition) is 7. The molecule has 0 aliphatic carbocycles. The number of nitrogens with one attached hydrogen (secondary N) is 1. The SMILES string of the molecule is Cc1nsc2ncnc(NC(CC(=O)O)C(=O)O)c12. The lowest BCUT2D eigenvalue weighted by Crippen LogP contribution is -2.32. The maximum atomic E-state index is 11.0. The van der Waals surface area contributed by atoms with Crippen molar-refractivity contribution in [1.29, 1.82) is 0 Å². The summed E-state index contributed by atoms with van der Waals surface area (Å²) in [7, 11) is 0. The number of anilines is 1. The molecule has 2 aromatic rings. The molecule has 1 atom stereocenters. The minimum absolute atomic E-state index is 0.282. The molecule has 0 saturated carbocycles. The molecule has 1 unspecified atom stereocenters. The van der Waals surface area contributed by atoms with Crippen molar-refractivity contribution in [2.45, 2.75) is 19.4 Å². The molecule has 0 amide bonds. The van der Waals surface area contributed by atoms with Gasteiger partial charge >= 0.3 is 11.9 Å². The van der Waals surface area contributed by atoms with E-state index in [4.69, 9.17) is 10.2 Å². The predicted octanol–water partition coefficient (Wildman–Crippen LogP) is 0.735. The number of rotatable bonds is 5. The summed E-state index contributed by atoms with van der Waals surface area (Å²) in [5, 5.41) is 20.9. The highest BCUT2D eigenvalue weighted by atomic mass is 32.1. The van der Waals surface area contributed by atoms with Crippen LogP contribution < -0.4 is 5.32 Å². The number of aromatic nitrogens is 3. The van der Waals surface area contributed by atoms with Crippen molar-refractivity contribution in [3.63, 3.8) is 0 Å². The van der Waals surface area contributed by atoms with Crippen LogP contribution in [0.25, 0.3) is 10.2 Å². The average Bonchev–Trinajstić information content (AvgIpc) is 2.71. The molecule has 9 heteroatoms. The van der Waals surface area contributed by atoms with Crippen molar-refractivity contribution < 1.29 is 19.8 Å². The van der Waals surface area contributed by atoms with Crippen LogP contribution in [0, 0.1) is 6.92 Å². The summed E-state index contributed by atoms with van der Waals surface area (Å²) < 4.78 is 4.10. The zero-order valence-electron chi connectivity index (χ0n) is 9.82. The van der Waals surface area contributed by atoms with Gasteiger partial charge in [0, 0.05) is 0 Å². The Morgan fingerprint density at radius 2 is 2.16 bits per heavy atom. The second-order valence-electron chi connectivity index (χ2n) is 3.80. The molecule has 0 aliphatic rings. The van der Waals surface area contributed by atoms with Crippen molar-refractivity contribution in [3.8, 4) is 0 Å². The number of carbonyl (C=O) groups is 2. The molecule has 0 saturated heterocycles.